The Hall–Kier alpha value is -1.40. The van der Waals surface area contributed by atoms with Gasteiger partial charge in [-0.3, -0.25) is 4.79 Å². The van der Waals surface area contributed by atoms with Gasteiger partial charge in [0.05, 0.1) is 16.2 Å². The molecule has 0 atom stereocenters. The molecule has 0 aliphatic carbocycles. The fraction of sp³-hybridized carbons (Fsp3) is 0.667. The Bertz CT molecular complexity index is 708. The van der Waals surface area contributed by atoms with Crippen LogP contribution in [0.25, 0.3) is 0 Å². The standard InChI is InChI=1S/C21H34N2O3S/c1-4-15-27(25,26)20-8-6-5-7-19(20)21(24)22-16-18-10-13-23(14-11-18)12-9-17(2)3/h5-8,17-18H,4,9-16H2,1-3H3,(H,22,24). The Labute approximate surface area is 164 Å². The van der Waals surface area contributed by atoms with Crippen molar-refractivity contribution in [2.45, 2.75) is 51.3 Å². The van der Waals surface area contributed by atoms with Gasteiger partial charge in [0, 0.05) is 6.54 Å². The largest absolute Gasteiger partial charge is 0.352 e. The molecule has 1 amide bonds. The maximum atomic E-state index is 12.6. The number of piperidine rings is 1. The van der Waals surface area contributed by atoms with Crippen molar-refractivity contribution in [3.63, 3.8) is 0 Å². The van der Waals surface area contributed by atoms with Crippen LogP contribution in [0.3, 0.4) is 0 Å². The quantitative estimate of drug-likeness (QED) is 0.697. The van der Waals surface area contributed by atoms with Crippen molar-refractivity contribution in [1.29, 1.82) is 0 Å². The van der Waals surface area contributed by atoms with Crippen LogP contribution in [0, 0.1) is 11.8 Å². The van der Waals surface area contributed by atoms with Crippen molar-refractivity contribution < 1.29 is 13.2 Å². The minimum Gasteiger partial charge on any atom is -0.352 e. The van der Waals surface area contributed by atoms with E-state index in [1.54, 1.807) is 18.2 Å². The summed E-state index contributed by atoms with van der Waals surface area (Å²) in [5.41, 5.74) is 0.264. The van der Waals surface area contributed by atoms with Gasteiger partial charge in [0.1, 0.15) is 0 Å². The lowest BCUT2D eigenvalue weighted by atomic mass is 9.96. The summed E-state index contributed by atoms with van der Waals surface area (Å²) < 4.78 is 24.8. The Balaban J connectivity index is 1.89. The molecule has 1 aromatic carbocycles. The Morgan fingerprint density at radius 1 is 1.22 bits per heavy atom. The van der Waals surface area contributed by atoms with Crippen molar-refractivity contribution >= 4 is 15.7 Å². The van der Waals surface area contributed by atoms with Crippen molar-refractivity contribution in [1.82, 2.24) is 10.2 Å². The lowest BCUT2D eigenvalue weighted by molar-refractivity contribution is 0.0932. The second-order valence-corrected chi connectivity index (χ2v) is 10.1. The molecular weight excluding hydrogens is 360 g/mol. The molecule has 0 aromatic heterocycles. The zero-order valence-corrected chi connectivity index (χ0v) is 17.7. The summed E-state index contributed by atoms with van der Waals surface area (Å²) in [6.07, 6.45) is 3.92. The van der Waals surface area contributed by atoms with Gasteiger partial charge in [-0.25, -0.2) is 8.42 Å². The number of carbonyl (C=O) groups excluding carboxylic acids is 1. The van der Waals surface area contributed by atoms with E-state index >= 15 is 0 Å². The summed E-state index contributed by atoms with van der Waals surface area (Å²) in [6, 6.07) is 6.53. The maximum absolute atomic E-state index is 12.6. The van der Waals surface area contributed by atoms with E-state index in [4.69, 9.17) is 0 Å². The third kappa shape index (κ3) is 6.61. The Morgan fingerprint density at radius 2 is 1.89 bits per heavy atom. The molecule has 5 nitrogen and oxygen atoms in total. The van der Waals surface area contributed by atoms with E-state index in [0.717, 1.165) is 38.4 Å². The highest BCUT2D eigenvalue weighted by atomic mass is 32.2. The Morgan fingerprint density at radius 3 is 2.52 bits per heavy atom. The van der Waals surface area contributed by atoms with E-state index in [1.165, 1.54) is 12.5 Å². The fourth-order valence-electron chi connectivity index (χ4n) is 3.49. The first kappa shape index (κ1) is 21.9. The average Bonchev–Trinajstić information content (AvgIpc) is 2.65. The van der Waals surface area contributed by atoms with Gasteiger partial charge >= 0.3 is 0 Å². The molecular formula is C21H34N2O3S. The number of nitrogens with zero attached hydrogens (tertiary/aromatic N) is 1. The molecule has 1 saturated heterocycles. The normalized spacial score (nSPS) is 16.6. The third-order valence-electron chi connectivity index (χ3n) is 5.22. The van der Waals surface area contributed by atoms with Crippen LogP contribution in [0.1, 0.15) is 56.8 Å². The molecule has 0 saturated carbocycles. The first-order valence-corrected chi connectivity index (χ1v) is 11.8. The lowest BCUT2D eigenvalue weighted by Gasteiger charge is -2.32. The van der Waals surface area contributed by atoms with Crippen LogP contribution < -0.4 is 5.32 Å². The fourth-order valence-corrected chi connectivity index (χ4v) is 5.03. The summed E-state index contributed by atoms with van der Waals surface area (Å²) in [5, 5.41) is 2.97. The number of sulfone groups is 1. The number of nitrogens with one attached hydrogen (secondary N) is 1. The molecule has 0 unspecified atom stereocenters. The van der Waals surface area contributed by atoms with E-state index in [-0.39, 0.29) is 22.1 Å². The number of amides is 1. The van der Waals surface area contributed by atoms with Crippen LogP contribution in [-0.4, -0.2) is 51.2 Å². The highest BCUT2D eigenvalue weighted by Gasteiger charge is 2.23. The van der Waals surface area contributed by atoms with Crippen molar-refractivity contribution in [2.75, 3.05) is 31.9 Å². The highest BCUT2D eigenvalue weighted by Crippen LogP contribution is 2.20. The molecule has 1 heterocycles. The molecule has 1 N–H and O–H groups in total. The molecule has 0 bridgehead atoms. The van der Waals surface area contributed by atoms with Crippen LogP contribution in [-0.2, 0) is 9.84 Å². The second-order valence-electron chi connectivity index (χ2n) is 7.99. The molecule has 6 heteroatoms. The van der Waals surface area contributed by atoms with Crippen molar-refractivity contribution in [3.8, 4) is 0 Å². The molecule has 1 aliphatic heterocycles. The topological polar surface area (TPSA) is 66.5 Å². The van der Waals surface area contributed by atoms with Gasteiger partial charge in [-0.05, 0) is 69.3 Å². The van der Waals surface area contributed by atoms with Crippen LogP contribution in [0.15, 0.2) is 29.2 Å². The van der Waals surface area contributed by atoms with E-state index in [1.807, 2.05) is 6.92 Å². The van der Waals surface area contributed by atoms with E-state index in [0.29, 0.717) is 18.9 Å². The lowest BCUT2D eigenvalue weighted by Crippen LogP contribution is -2.39. The van der Waals surface area contributed by atoms with Gasteiger partial charge in [0.15, 0.2) is 9.84 Å². The maximum Gasteiger partial charge on any atom is 0.252 e. The number of likely N-dealkylation sites (tertiary alicyclic amines) is 1. The van der Waals surface area contributed by atoms with Crippen LogP contribution in [0.4, 0.5) is 0 Å². The molecule has 1 fully saturated rings. The summed E-state index contributed by atoms with van der Waals surface area (Å²) >= 11 is 0. The highest BCUT2D eigenvalue weighted by molar-refractivity contribution is 7.91. The number of rotatable bonds is 9. The summed E-state index contributed by atoms with van der Waals surface area (Å²) in [7, 11) is -3.42. The predicted octanol–water partition coefficient (Wildman–Crippen LogP) is 3.36. The van der Waals surface area contributed by atoms with E-state index in [2.05, 4.69) is 24.1 Å². The van der Waals surface area contributed by atoms with Gasteiger partial charge in [-0.1, -0.05) is 32.9 Å². The molecule has 1 aromatic rings. The molecule has 27 heavy (non-hydrogen) atoms. The van der Waals surface area contributed by atoms with Gasteiger partial charge in [0.25, 0.3) is 5.91 Å². The van der Waals surface area contributed by atoms with Gasteiger partial charge in [-0.15, -0.1) is 0 Å². The summed E-state index contributed by atoms with van der Waals surface area (Å²) in [4.78, 5) is 15.3. The number of carbonyl (C=O) groups is 1. The summed E-state index contributed by atoms with van der Waals surface area (Å²) in [6.45, 7) is 10.2. The second kappa shape index (κ2) is 10.2. The van der Waals surface area contributed by atoms with Crippen molar-refractivity contribution in [3.05, 3.63) is 29.8 Å². The first-order valence-electron chi connectivity index (χ1n) is 10.2. The molecule has 0 spiro atoms. The molecule has 0 radical (unpaired) electrons. The van der Waals surface area contributed by atoms with E-state index in [9.17, 15) is 13.2 Å². The smallest absolute Gasteiger partial charge is 0.252 e. The Kier molecular flexibility index (Phi) is 8.29. The van der Waals surface area contributed by atoms with Crippen LogP contribution in [0.2, 0.25) is 0 Å². The number of hydrogen-bond donors (Lipinski definition) is 1. The first-order chi connectivity index (χ1) is 12.8. The number of benzene rings is 1. The minimum atomic E-state index is -3.42. The SMILES string of the molecule is CCCS(=O)(=O)c1ccccc1C(=O)NCC1CCN(CCC(C)C)CC1. The zero-order valence-electron chi connectivity index (χ0n) is 16.9. The summed E-state index contributed by atoms with van der Waals surface area (Å²) in [5.74, 6) is 0.966. The van der Waals surface area contributed by atoms with Gasteiger partial charge in [0.2, 0.25) is 0 Å². The van der Waals surface area contributed by atoms with Crippen LogP contribution in [0.5, 0.6) is 0 Å². The number of hydrogen-bond acceptors (Lipinski definition) is 4. The monoisotopic (exact) mass is 394 g/mol. The molecule has 2 rings (SSSR count). The molecule has 152 valence electrons. The van der Waals surface area contributed by atoms with Gasteiger partial charge in [-0.2, -0.15) is 0 Å². The zero-order chi connectivity index (χ0) is 19.9. The predicted molar refractivity (Wildman–Crippen MR) is 110 cm³/mol. The van der Waals surface area contributed by atoms with E-state index < -0.39 is 9.84 Å². The minimum absolute atomic E-state index is 0.0616. The van der Waals surface area contributed by atoms with Crippen LogP contribution >= 0.6 is 0 Å². The average molecular weight is 395 g/mol. The van der Waals surface area contributed by atoms with Crippen molar-refractivity contribution in [2.24, 2.45) is 11.8 Å². The third-order valence-corrected chi connectivity index (χ3v) is 7.19. The molecule has 1 aliphatic rings. The van der Waals surface area contributed by atoms with Gasteiger partial charge < -0.3 is 10.2 Å².